The lowest BCUT2D eigenvalue weighted by atomic mass is 10.1. The van der Waals surface area contributed by atoms with Crippen LogP contribution >= 0.6 is 0 Å². The number of carbonyl (C=O) groups is 1. The van der Waals surface area contributed by atoms with Gasteiger partial charge in [0.1, 0.15) is 0 Å². The topological polar surface area (TPSA) is 37.3 Å². The van der Waals surface area contributed by atoms with Crippen molar-refractivity contribution >= 4 is 27.5 Å². The first kappa shape index (κ1) is 9.85. The van der Waals surface area contributed by atoms with Crippen molar-refractivity contribution in [2.75, 3.05) is 0 Å². The van der Waals surface area contributed by atoms with Crippen molar-refractivity contribution in [3.8, 4) is 0 Å². The van der Waals surface area contributed by atoms with Gasteiger partial charge in [0.05, 0.1) is 5.56 Å². The zero-order valence-corrected chi connectivity index (χ0v) is 9.05. The van der Waals surface area contributed by atoms with E-state index in [2.05, 4.69) is 0 Å². The van der Waals surface area contributed by atoms with Gasteiger partial charge in [-0.2, -0.15) is 0 Å². The zero-order valence-electron chi connectivity index (χ0n) is 9.05. The number of benzene rings is 1. The first-order chi connectivity index (χ1) is 8.24. The molecule has 2 heteroatoms. The van der Waals surface area contributed by atoms with E-state index in [0.29, 0.717) is 5.56 Å². The summed E-state index contributed by atoms with van der Waals surface area (Å²) in [5.74, 6) is -0.879. The van der Waals surface area contributed by atoms with E-state index < -0.39 is 5.97 Å². The van der Waals surface area contributed by atoms with Gasteiger partial charge in [0.2, 0.25) is 0 Å². The van der Waals surface area contributed by atoms with E-state index in [1.807, 2.05) is 42.5 Å². The highest BCUT2D eigenvalue weighted by Gasteiger charge is 2.07. The fraction of sp³-hybridized carbons (Fsp3) is 0. The SMILES string of the molecule is O=C(O)c1cc2cc3cccccc3cc2c1. The van der Waals surface area contributed by atoms with Crippen LogP contribution in [0.2, 0.25) is 0 Å². The molecule has 0 saturated heterocycles. The monoisotopic (exact) mass is 222 g/mol. The van der Waals surface area contributed by atoms with E-state index in [4.69, 9.17) is 5.11 Å². The minimum absolute atomic E-state index is 0.347. The van der Waals surface area contributed by atoms with Crippen LogP contribution in [0.5, 0.6) is 0 Å². The quantitative estimate of drug-likeness (QED) is 0.681. The third-order valence-electron chi connectivity index (χ3n) is 2.93. The predicted molar refractivity (Wildman–Crippen MR) is 68.4 cm³/mol. The number of rotatable bonds is 1. The van der Waals surface area contributed by atoms with Gasteiger partial charge in [-0.15, -0.1) is 0 Å². The molecule has 0 amide bonds. The van der Waals surface area contributed by atoms with Crippen LogP contribution in [0.3, 0.4) is 0 Å². The summed E-state index contributed by atoms with van der Waals surface area (Å²) in [5, 5.41) is 13.1. The summed E-state index contributed by atoms with van der Waals surface area (Å²) in [6, 6.07) is 17.5. The summed E-state index contributed by atoms with van der Waals surface area (Å²) < 4.78 is 0. The average molecular weight is 222 g/mol. The molecule has 0 aliphatic carbocycles. The van der Waals surface area contributed by atoms with Crippen LogP contribution in [0.1, 0.15) is 10.4 Å². The maximum absolute atomic E-state index is 10.9. The smallest absolute Gasteiger partial charge is 0.335 e. The number of aromatic carboxylic acids is 1. The van der Waals surface area contributed by atoms with E-state index in [1.54, 1.807) is 12.1 Å². The molecular formula is C15H10O2. The van der Waals surface area contributed by atoms with Gasteiger partial charge < -0.3 is 5.11 Å². The van der Waals surface area contributed by atoms with Gasteiger partial charge in [-0.05, 0) is 45.8 Å². The van der Waals surface area contributed by atoms with Gasteiger partial charge in [0, 0.05) is 0 Å². The number of fused-ring (bicyclic) bond motifs is 2. The first-order valence-corrected chi connectivity index (χ1v) is 5.40. The first-order valence-electron chi connectivity index (χ1n) is 5.40. The Kier molecular flexibility index (Phi) is 2.08. The van der Waals surface area contributed by atoms with E-state index in [1.165, 1.54) is 0 Å². The standard InChI is InChI=1S/C15H10O2/c16-15(17)14-8-12-6-10-4-2-1-3-5-11(10)7-13(12)9-14/h1-9H,(H,16,17). The summed E-state index contributed by atoms with van der Waals surface area (Å²) in [4.78, 5) is 10.9. The molecule has 0 unspecified atom stereocenters. The minimum Gasteiger partial charge on any atom is -0.478 e. The summed E-state index contributed by atoms with van der Waals surface area (Å²) in [5.41, 5.74) is 0.347. The molecule has 0 radical (unpaired) electrons. The van der Waals surface area contributed by atoms with E-state index >= 15 is 0 Å². The third kappa shape index (κ3) is 1.64. The molecule has 0 aliphatic heterocycles. The van der Waals surface area contributed by atoms with Crippen molar-refractivity contribution in [2.24, 2.45) is 0 Å². The molecule has 82 valence electrons. The van der Waals surface area contributed by atoms with E-state index in [9.17, 15) is 4.79 Å². The van der Waals surface area contributed by atoms with Crippen LogP contribution in [0.25, 0.3) is 21.5 Å². The number of hydrogen-bond donors (Lipinski definition) is 1. The summed E-state index contributed by atoms with van der Waals surface area (Å²) in [7, 11) is 0. The molecule has 17 heavy (non-hydrogen) atoms. The molecule has 0 heterocycles. The van der Waals surface area contributed by atoms with Crippen molar-refractivity contribution in [1.82, 2.24) is 0 Å². The molecule has 0 aliphatic rings. The van der Waals surface area contributed by atoms with Crippen molar-refractivity contribution in [2.45, 2.75) is 0 Å². The van der Waals surface area contributed by atoms with Gasteiger partial charge in [-0.1, -0.05) is 30.3 Å². The van der Waals surface area contributed by atoms with Gasteiger partial charge >= 0.3 is 5.97 Å². The highest BCUT2D eigenvalue weighted by molar-refractivity contribution is 6.04. The Bertz CT molecular complexity index is 676. The van der Waals surface area contributed by atoms with Crippen LogP contribution in [0.4, 0.5) is 0 Å². The predicted octanol–water partition coefficient (Wildman–Crippen LogP) is 3.69. The summed E-state index contributed by atoms with van der Waals surface area (Å²) >= 11 is 0. The second kappa shape index (κ2) is 3.59. The molecule has 0 bridgehead atoms. The fourth-order valence-corrected chi connectivity index (χ4v) is 2.09. The highest BCUT2D eigenvalue weighted by atomic mass is 16.4. The molecule has 2 nitrogen and oxygen atoms in total. The average Bonchev–Trinajstić information content (AvgIpc) is 2.58. The van der Waals surface area contributed by atoms with Crippen molar-refractivity contribution in [3.05, 3.63) is 60.2 Å². The summed E-state index contributed by atoms with van der Waals surface area (Å²) in [6.45, 7) is 0. The number of carboxylic acid groups (broad SMARTS) is 1. The Morgan fingerprint density at radius 1 is 0.765 bits per heavy atom. The van der Waals surface area contributed by atoms with Gasteiger partial charge in [0.25, 0.3) is 0 Å². The van der Waals surface area contributed by atoms with Crippen LogP contribution in [-0.2, 0) is 0 Å². The Morgan fingerprint density at radius 2 is 1.29 bits per heavy atom. The lowest BCUT2D eigenvalue weighted by Gasteiger charge is -1.93. The van der Waals surface area contributed by atoms with Crippen LogP contribution < -0.4 is 0 Å². The molecule has 3 aromatic rings. The zero-order chi connectivity index (χ0) is 11.8. The molecule has 1 N–H and O–H groups in total. The van der Waals surface area contributed by atoms with Crippen LogP contribution in [-0.4, -0.2) is 11.1 Å². The summed E-state index contributed by atoms with van der Waals surface area (Å²) in [6.07, 6.45) is 0. The highest BCUT2D eigenvalue weighted by Crippen LogP contribution is 2.25. The van der Waals surface area contributed by atoms with Gasteiger partial charge in [-0.3, -0.25) is 0 Å². The van der Waals surface area contributed by atoms with Crippen LogP contribution in [0, 0.1) is 0 Å². The molecule has 0 aromatic heterocycles. The molecule has 0 fully saturated rings. The maximum atomic E-state index is 10.9. The van der Waals surface area contributed by atoms with E-state index in [0.717, 1.165) is 21.5 Å². The van der Waals surface area contributed by atoms with Crippen LogP contribution in [0.15, 0.2) is 54.6 Å². The Balaban J connectivity index is 2.39. The normalized spacial score (nSPS) is 10.8. The van der Waals surface area contributed by atoms with Crippen molar-refractivity contribution < 1.29 is 9.90 Å². The van der Waals surface area contributed by atoms with Crippen molar-refractivity contribution in [3.63, 3.8) is 0 Å². The molecular weight excluding hydrogens is 212 g/mol. The minimum atomic E-state index is -0.879. The van der Waals surface area contributed by atoms with E-state index in [-0.39, 0.29) is 0 Å². The Hall–Kier alpha value is -2.35. The van der Waals surface area contributed by atoms with Gasteiger partial charge in [0.15, 0.2) is 0 Å². The number of carboxylic acids is 1. The molecule has 3 aromatic carbocycles. The maximum Gasteiger partial charge on any atom is 0.335 e. The lowest BCUT2D eigenvalue weighted by Crippen LogP contribution is -1.91. The van der Waals surface area contributed by atoms with Gasteiger partial charge in [-0.25, -0.2) is 4.79 Å². The third-order valence-corrected chi connectivity index (χ3v) is 2.93. The Morgan fingerprint density at radius 3 is 1.76 bits per heavy atom. The molecule has 0 saturated carbocycles. The Labute approximate surface area is 98.1 Å². The number of hydrogen-bond acceptors (Lipinski definition) is 1. The second-order valence-electron chi connectivity index (χ2n) is 4.07. The second-order valence-corrected chi connectivity index (χ2v) is 4.07. The lowest BCUT2D eigenvalue weighted by molar-refractivity contribution is 0.0697. The molecule has 3 rings (SSSR count). The largest absolute Gasteiger partial charge is 0.478 e. The molecule has 0 atom stereocenters. The molecule has 0 spiro atoms. The fourth-order valence-electron chi connectivity index (χ4n) is 2.09. The van der Waals surface area contributed by atoms with Crippen molar-refractivity contribution in [1.29, 1.82) is 0 Å².